The zero-order chi connectivity index (χ0) is 9.84. The van der Waals surface area contributed by atoms with Crippen LogP contribution in [0.25, 0.3) is 0 Å². The fourth-order valence-corrected chi connectivity index (χ4v) is 0.754. The van der Waals surface area contributed by atoms with Crippen LogP contribution in [-0.4, -0.2) is 29.5 Å². The third-order valence-corrected chi connectivity index (χ3v) is 1.34. The number of carbonyl (C=O) groups is 1. The lowest BCUT2D eigenvalue weighted by Crippen LogP contribution is -2.09. The van der Waals surface area contributed by atoms with E-state index in [4.69, 9.17) is 0 Å². The zero-order valence-electron chi connectivity index (χ0n) is 6.75. The molecule has 1 heterocycles. The van der Waals surface area contributed by atoms with Crippen molar-refractivity contribution in [3.63, 3.8) is 0 Å². The van der Waals surface area contributed by atoms with Crippen LogP contribution in [0.1, 0.15) is 10.5 Å². The van der Waals surface area contributed by atoms with Crippen LogP contribution in [0, 0.1) is 5.82 Å². The predicted molar refractivity (Wildman–Crippen MR) is 38.8 cm³/mol. The molecule has 0 atom stereocenters. The van der Waals surface area contributed by atoms with E-state index >= 15 is 0 Å². The maximum atomic E-state index is 13.1. The molecule has 70 valence electrons. The Kier molecular flexibility index (Phi) is 2.84. The average molecular weight is 188 g/mol. The van der Waals surface area contributed by atoms with Gasteiger partial charge in [-0.25, -0.2) is 9.37 Å². The van der Waals surface area contributed by atoms with Gasteiger partial charge < -0.3 is 4.74 Å². The molecule has 1 aromatic rings. The van der Waals surface area contributed by atoms with E-state index in [9.17, 15) is 13.6 Å². The second kappa shape index (κ2) is 3.88. The maximum Gasteiger partial charge on any atom is 0.254 e. The Morgan fingerprint density at radius 3 is 2.85 bits per heavy atom. The van der Waals surface area contributed by atoms with Gasteiger partial charge in [0.1, 0.15) is 6.33 Å². The summed E-state index contributed by atoms with van der Waals surface area (Å²) < 4.78 is 29.4. The normalized spacial score (nSPS) is 9.77. The molecule has 0 aromatic carbocycles. The number of ketones is 1. The Morgan fingerprint density at radius 1 is 1.62 bits per heavy atom. The van der Waals surface area contributed by atoms with Crippen LogP contribution in [0.3, 0.4) is 0 Å². The smallest absolute Gasteiger partial charge is 0.254 e. The molecule has 0 aliphatic carbocycles. The van der Waals surface area contributed by atoms with Crippen LogP contribution in [-0.2, 0) is 0 Å². The van der Waals surface area contributed by atoms with Crippen LogP contribution in [0.15, 0.2) is 6.33 Å². The number of ether oxygens (including phenoxy) is 1. The van der Waals surface area contributed by atoms with Crippen molar-refractivity contribution < 1.29 is 18.3 Å². The second-order valence-corrected chi connectivity index (χ2v) is 2.10. The summed E-state index contributed by atoms with van der Waals surface area (Å²) in [5, 5.41) is 0. The SMILES string of the molecule is COc1ncnc(C(=O)CF)c1F. The molecule has 0 spiro atoms. The molecule has 6 heteroatoms. The third kappa shape index (κ3) is 1.77. The molecule has 0 amide bonds. The van der Waals surface area contributed by atoms with E-state index in [-0.39, 0.29) is 5.88 Å². The fraction of sp³-hybridized carbons (Fsp3) is 0.286. The number of Topliss-reactive ketones (excluding diaryl/α,β-unsaturated/α-hetero) is 1. The summed E-state index contributed by atoms with van der Waals surface area (Å²) in [6, 6.07) is 0. The van der Waals surface area contributed by atoms with E-state index in [2.05, 4.69) is 14.7 Å². The Labute approximate surface area is 72.6 Å². The Morgan fingerprint density at radius 2 is 2.31 bits per heavy atom. The lowest BCUT2D eigenvalue weighted by Gasteiger charge is -2.01. The van der Waals surface area contributed by atoms with Gasteiger partial charge in [0.15, 0.2) is 12.4 Å². The molecule has 0 aliphatic heterocycles. The van der Waals surface area contributed by atoms with Crippen molar-refractivity contribution in [1.29, 1.82) is 0 Å². The number of carbonyl (C=O) groups excluding carboxylic acids is 1. The summed E-state index contributed by atoms with van der Waals surface area (Å²) >= 11 is 0. The van der Waals surface area contributed by atoms with Crippen LogP contribution in [0.2, 0.25) is 0 Å². The Bertz CT molecular complexity index is 330. The highest BCUT2D eigenvalue weighted by molar-refractivity contribution is 5.95. The van der Waals surface area contributed by atoms with Crippen LogP contribution in [0.4, 0.5) is 8.78 Å². The zero-order valence-corrected chi connectivity index (χ0v) is 6.75. The molecule has 13 heavy (non-hydrogen) atoms. The van der Waals surface area contributed by atoms with Gasteiger partial charge in [0, 0.05) is 0 Å². The van der Waals surface area contributed by atoms with E-state index in [0.29, 0.717) is 0 Å². The van der Waals surface area contributed by atoms with Crippen molar-refractivity contribution in [2.45, 2.75) is 0 Å². The first-order valence-corrected chi connectivity index (χ1v) is 3.34. The van der Waals surface area contributed by atoms with Crippen molar-refractivity contribution in [1.82, 2.24) is 9.97 Å². The van der Waals surface area contributed by atoms with E-state index in [1.54, 1.807) is 0 Å². The van der Waals surface area contributed by atoms with Gasteiger partial charge in [0.05, 0.1) is 7.11 Å². The third-order valence-electron chi connectivity index (χ3n) is 1.34. The van der Waals surface area contributed by atoms with Gasteiger partial charge in [0.2, 0.25) is 11.6 Å². The standard InChI is InChI=1S/C7H6F2N2O2/c1-13-7-5(9)6(4(12)2-8)10-3-11-7/h3H,2H2,1H3. The number of halogens is 2. The van der Waals surface area contributed by atoms with Crippen LogP contribution in [0.5, 0.6) is 5.88 Å². The van der Waals surface area contributed by atoms with E-state index in [1.807, 2.05) is 0 Å². The minimum Gasteiger partial charge on any atom is -0.479 e. The number of methoxy groups -OCH3 is 1. The van der Waals surface area contributed by atoms with Gasteiger partial charge in [-0.1, -0.05) is 0 Å². The summed E-state index contributed by atoms with van der Waals surface area (Å²) in [7, 11) is 1.19. The molecule has 1 rings (SSSR count). The van der Waals surface area contributed by atoms with Crippen molar-refractivity contribution in [3.05, 3.63) is 17.8 Å². The molecular weight excluding hydrogens is 182 g/mol. The minimum atomic E-state index is -1.29. The number of rotatable bonds is 3. The lowest BCUT2D eigenvalue weighted by molar-refractivity contribution is 0.0948. The summed E-state index contributed by atoms with van der Waals surface area (Å²) in [5.74, 6) is -2.43. The van der Waals surface area contributed by atoms with Gasteiger partial charge in [0.25, 0.3) is 5.88 Å². The number of hydrogen-bond acceptors (Lipinski definition) is 4. The van der Waals surface area contributed by atoms with Crippen molar-refractivity contribution in [3.8, 4) is 5.88 Å². The first kappa shape index (κ1) is 9.50. The summed E-state index contributed by atoms with van der Waals surface area (Å²) in [6.45, 7) is -1.29. The molecule has 1 aromatic heterocycles. The number of alkyl halides is 1. The first-order chi connectivity index (χ1) is 6.20. The van der Waals surface area contributed by atoms with E-state index in [0.717, 1.165) is 6.33 Å². The molecule has 0 saturated carbocycles. The minimum absolute atomic E-state index is 0.369. The number of nitrogens with zero attached hydrogens (tertiary/aromatic N) is 2. The first-order valence-electron chi connectivity index (χ1n) is 3.34. The van der Waals surface area contributed by atoms with Crippen molar-refractivity contribution in [2.24, 2.45) is 0 Å². The average Bonchev–Trinajstić information content (AvgIpc) is 2.17. The highest BCUT2D eigenvalue weighted by atomic mass is 19.1. The topological polar surface area (TPSA) is 52.1 Å². The molecule has 0 N–H and O–H groups in total. The van der Waals surface area contributed by atoms with Gasteiger partial charge in [-0.15, -0.1) is 0 Å². The molecule has 0 saturated heterocycles. The summed E-state index contributed by atoms with van der Waals surface area (Å²) in [6.07, 6.45) is 0.935. The van der Waals surface area contributed by atoms with Gasteiger partial charge in [-0.3, -0.25) is 4.79 Å². The van der Waals surface area contributed by atoms with Crippen LogP contribution < -0.4 is 4.74 Å². The van der Waals surface area contributed by atoms with E-state index in [1.165, 1.54) is 7.11 Å². The van der Waals surface area contributed by atoms with E-state index < -0.39 is 24.0 Å². The highest BCUT2D eigenvalue weighted by Crippen LogP contribution is 2.14. The molecule has 0 bridgehead atoms. The van der Waals surface area contributed by atoms with Crippen molar-refractivity contribution >= 4 is 5.78 Å². The highest BCUT2D eigenvalue weighted by Gasteiger charge is 2.17. The molecule has 4 nitrogen and oxygen atoms in total. The monoisotopic (exact) mass is 188 g/mol. The summed E-state index contributed by atoms with van der Waals surface area (Å²) in [4.78, 5) is 17.4. The molecule has 0 aliphatic rings. The summed E-state index contributed by atoms with van der Waals surface area (Å²) in [5.41, 5.74) is -0.589. The van der Waals surface area contributed by atoms with Gasteiger partial charge in [-0.05, 0) is 0 Å². The second-order valence-electron chi connectivity index (χ2n) is 2.10. The van der Waals surface area contributed by atoms with Gasteiger partial charge in [-0.2, -0.15) is 9.37 Å². The lowest BCUT2D eigenvalue weighted by atomic mass is 10.3. The number of hydrogen-bond donors (Lipinski definition) is 0. The van der Waals surface area contributed by atoms with Gasteiger partial charge >= 0.3 is 0 Å². The maximum absolute atomic E-state index is 13.1. The quantitative estimate of drug-likeness (QED) is 0.657. The number of aromatic nitrogens is 2. The molecular formula is C7H6F2N2O2. The molecule has 0 fully saturated rings. The molecule has 0 unspecified atom stereocenters. The largest absolute Gasteiger partial charge is 0.479 e. The van der Waals surface area contributed by atoms with Crippen molar-refractivity contribution in [2.75, 3.05) is 13.8 Å². The molecule has 0 radical (unpaired) electrons. The van der Waals surface area contributed by atoms with Crippen LogP contribution >= 0.6 is 0 Å². The Balaban J connectivity index is 3.15. The fourth-order valence-electron chi connectivity index (χ4n) is 0.754. The predicted octanol–water partition coefficient (Wildman–Crippen LogP) is 0.776. The Hall–Kier alpha value is -1.59.